The maximum absolute atomic E-state index is 6.75. The summed E-state index contributed by atoms with van der Waals surface area (Å²) < 4.78 is 20.3. The number of rotatable bonds is 15. The summed E-state index contributed by atoms with van der Waals surface area (Å²) in [5, 5.41) is 0. The third-order valence-electron chi connectivity index (χ3n) is 11.0. The Bertz CT molecular complexity index is 2000. The van der Waals surface area contributed by atoms with Gasteiger partial charge in [0.15, 0.2) is 0 Å². The summed E-state index contributed by atoms with van der Waals surface area (Å²) in [6, 6.07) is 45.2. The molecule has 0 aliphatic heterocycles. The highest BCUT2D eigenvalue weighted by Crippen LogP contribution is 2.45. The second-order valence-corrected chi connectivity index (χ2v) is 17.4. The monoisotopic (exact) mass is 773 g/mol. The molecule has 0 saturated carbocycles. The molecule has 302 valence electrons. The first-order chi connectivity index (χ1) is 27.7. The van der Waals surface area contributed by atoms with Crippen LogP contribution in [0.25, 0.3) is 0 Å². The van der Waals surface area contributed by atoms with E-state index in [-0.39, 0.29) is 17.8 Å². The first-order valence-electron chi connectivity index (χ1n) is 21.2. The van der Waals surface area contributed by atoms with Crippen molar-refractivity contribution in [1.82, 2.24) is 0 Å². The van der Waals surface area contributed by atoms with Crippen LogP contribution in [-0.2, 0) is 0 Å². The van der Waals surface area contributed by atoms with Gasteiger partial charge < -0.3 is 19.1 Å². The minimum atomic E-state index is 0.257. The molecule has 0 aliphatic carbocycles. The first kappa shape index (κ1) is 42.1. The summed E-state index contributed by atoms with van der Waals surface area (Å²) in [6.07, 6.45) is 0. The Balaban J connectivity index is 1.51. The van der Waals surface area contributed by atoms with Gasteiger partial charge in [0.05, 0.1) is 0 Å². The van der Waals surface area contributed by atoms with Crippen LogP contribution in [0, 0.1) is 0 Å². The summed E-state index contributed by atoms with van der Waals surface area (Å²) >= 11 is 0. The van der Waals surface area contributed by atoms with Gasteiger partial charge in [0.25, 0.3) is 0 Å². The van der Waals surface area contributed by atoms with Crippen LogP contribution in [-0.4, -0.2) is 0 Å². The number of nitrogens with zero attached hydrogens (tertiary/aromatic N) is 1. The Morgan fingerprint density at radius 2 is 0.534 bits per heavy atom. The summed E-state index contributed by atoms with van der Waals surface area (Å²) in [7, 11) is 0. The average molecular weight is 774 g/mol. The minimum absolute atomic E-state index is 0.257. The van der Waals surface area contributed by atoms with Crippen molar-refractivity contribution in [3.63, 3.8) is 0 Å². The van der Waals surface area contributed by atoms with Gasteiger partial charge in [-0.1, -0.05) is 138 Å². The van der Waals surface area contributed by atoms with Crippen molar-refractivity contribution in [1.29, 1.82) is 0 Å². The van der Waals surface area contributed by atoms with Crippen molar-refractivity contribution in [3.8, 4) is 34.5 Å². The van der Waals surface area contributed by atoms with E-state index >= 15 is 0 Å². The number of hydrogen-bond acceptors (Lipinski definition) is 4. The summed E-state index contributed by atoms with van der Waals surface area (Å²) in [5.41, 5.74) is 10.2. The van der Waals surface area contributed by atoms with E-state index < -0.39 is 0 Å². The molecular formula is C54H63NO3. The Morgan fingerprint density at radius 1 is 0.293 bits per heavy atom. The van der Waals surface area contributed by atoms with E-state index in [1.807, 2.05) is 0 Å². The molecule has 0 fully saturated rings. The Kier molecular flexibility index (Phi) is 13.4. The van der Waals surface area contributed by atoms with E-state index in [4.69, 9.17) is 14.2 Å². The molecule has 0 bridgehead atoms. The SMILES string of the molecule is CC(C)c1ccc(Oc2cc(N(c3ccc(C(C)C)c(Oc4ccc(C(C)C)cc4)c3)c3ccc(C(C)C)c(Oc4ccc(C(C)C)cc4)c3)ccc2C(C)C)cc1. The highest BCUT2D eigenvalue weighted by Gasteiger charge is 2.22. The van der Waals surface area contributed by atoms with Gasteiger partial charge in [0, 0.05) is 35.3 Å². The van der Waals surface area contributed by atoms with Gasteiger partial charge in [-0.05, 0) is 123 Å². The third kappa shape index (κ3) is 9.96. The molecule has 6 rings (SSSR count). The third-order valence-corrected chi connectivity index (χ3v) is 11.0. The Labute approximate surface area is 348 Å². The lowest BCUT2D eigenvalue weighted by molar-refractivity contribution is 0.472. The van der Waals surface area contributed by atoms with Crippen LogP contribution >= 0.6 is 0 Å². The van der Waals surface area contributed by atoms with Crippen LogP contribution in [0.3, 0.4) is 0 Å². The zero-order valence-corrected chi connectivity index (χ0v) is 36.8. The molecule has 0 aliphatic rings. The molecule has 58 heavy (non-hydrogen) atoms. The molecule has 0 N–H and O–H groups in total. The zero-order chi connectivity index (χ0) is 41.7. The number of ether oxygens (including phenoxy) is 3. The molecule has 0 amide bonds. The van der Waals surface area contributed by atoms with Crippen molar-refractivity contribution in [2.24, 2.45) is 0 Å². The fourth-order valence-electron chi connectivity index (χ4n) is 7.27. The Morgan fingerprint density at radius 3 is 0.741 bits per heavy atom. The fraction of sp³-hybridized carbons (Fsp3) is 0.333. The van der Waals surface area contributed by atoms with E-state index in [1.165, 1.54) is 16.7 Å². The second kappa shape index (κ2) is 18.4. The van der Waals surface area contributed by atoms with E-state index in [2.05, 4.69) is 215 Å². The maximum atomic E-state index is 6.75. The van der Waals surface area contributed by atoms with Crippen molar-refractivity contribution in [3.05, 3.63) is 161 Å². The van der Waals surface area contributed by atoms with Crippen LogP contribution < -0.4 is 19.1 Å². The molecule has 0 heterocycles. The largest absolute Gasteiger partial charge is 0.457 e. The van der Waals surface area contributed by atoms with E-state index in [0.29, 0.717) is 17.8 Å². The van der Waals surface area contributed by atoms with E-state index in [9.17, 15) is 0 Å². The molecule has 6 aromatic carbocycles. The summed E-state index contributed by atoms with van der Waals surface area (Å²) in [5.74, 6) is 7.05. The molecule has 4 nitrogen and oxygen atoms in total. The van der Waals surface area contributed by atoms with Crippen molar-refractivity contribution < 1.29 is 14.2 Å². The Hall–Kier alpha value is -5.48. The molecule has 0 unspecified atom stereocenters. The van der Waals surface area contributed by atoms with Gasteiger partial charge in [-0.25, -0.2) is 0 Å². The maximum Gasteiger partial charge on any atom is 0.132 e. The van der Waals surface area contributed by atoms with Gasteiger partial charge in [0.1, 0.15) is 34.5 Å². The smallest absolute Gasteiger partial charge is 0.132 e. The van der Waals surface area contributed by atoms with Gasteiger partial charge in [0.2, 0.25) is 0 Å². The van der Waals surface area contributed by atoms with Gasteiger partial charge in [-0.15, -0.1) is 0 Å². The van der Waals surface area contributed by atoms with E-state index in [0.717, 1.165) is 68.2 Å². The van der Waals surface area contributed by atoms with Crippen LogP contribution in [0.2, 0.25) is 0 Å². The van der Waals surface area contributed by atoms with Crippen molar-refractivity contribution >= 4 is 17.1 Å². The predicted molar refractivity (Wildman–Crippen MR) is 245 cm³/mol. The van der Waals surface area contributed by atoms with E-state index in [1.54, 1.807) is 0 Å². The normalized spacial score (nSPS) is 11.7. The zero-order valence-electron chi connectivity index (χ0n) is 36.8. The number of benzene rings is 6. The number of anilines is 3. The van der Waals surface area contributed by atoms with Gasteiger partial charge in [-0.2, -0.15) is 0 Å². The molecule has 0 spiro atoms. The topological polar surface area (TPSA) is 30.9 Å². The van der Waals surface area contributed by atoms with Gasteiger partial charge in [-0.3, -0.25) is 0 Å². The molecular weight excluding hydrogens is 711 g/mol. The lowest BCUT2D eigenvalue weighted by Gasteiger charge is -2.29. The highest BCUT2D eigenvalue weighted by atomic mass is 16.5. The second-order valence-electron chi connectivity index (χ2n) is 17.4. The summed E-state index contributed by atoms with van der Waals surface area (Å²) in [4.78, 5) is 2.29. The number of hydrogen-bond donors (Lipinski definition) is 0. The quantitative estimate of drug-likeness (QED) is 0.104. The standard InChI is InChI=1S/C54H63NO3/c1-34(2)40-13-22-46(23-14-40)56-52-31-43(19-28-49(52)37(7)8)55(44-20-29-50(38(9)10)53(32-44)57-47-24-15-41(16-25-47)35(3)4)45-21-30-51(39(11)12)54(33-45)58-48-26-17-42(18-27-48)36(5)6/h13-39H,1-12H3. The predicted octanol–water partition coefficient (Wildman–Crippen LogP) is 17.3. The summed E-state index contributed by atoms with van der Waals surface area (Å²) in [6.45, 7) is 26.6. The lowest BCUT2D eigenvalue weighted by Crippen LogP contribution is -2.12. The molecule has 0 atom stereocenters. The lowest BCUT2D eigenvalue weighted by atomic mass is 9.98. The average Bonchev–Trinajstić information content (AvgIpc) is 3.18. The first-order valence-corrected chi connectivity index (χ1v) is 21.2. The van der Waals surface area contributed by atoms with Crippen molar-refractivity contribution in [2.45, 2.75) is 119 Å². The fourth-order valence-corrected chi connectivity index (χ4v) is 7.27. The molecule has 0 saturated heterocycles. The highest BCUT2D eigenvalue weighted by molar-refractivity contribution is 5.80. The molecule has 6 aromatic rings. The molecule has 4 heteroatoms. The van der Waals surface area contributed by atoms with Crippen LogP contribution in [0.1, 0.15) is 152 Å². The molecule has 0 aromatic heterocycles. The molecule has 0 radical (unpaired) electrons. The van der Waals surface area contributed by atoms with Crippen LogP contribution in [0.4, 0.5) is 17.1 Å². The van der Waals surface area contributed by atoms with Crippen LogP contribution in [0.5, 0.6) is 34.5 Å². The van der Waals surface area contributed by atoms with Gasteiger partial charge >= 0.3 is 0 Å². The van der Waals surface area contributed by atoms with Crippen LogP contribution in [0.15, 0.2) is 127 Å². The van der Waals surface area contributed by atoms with Crippen molar-refractivity contribution in [2.75, 3.05) is 4.90 Å². The minimum Gasteiger partial charge on any atom is -0.457 e.